The summed E-state index contributed by atoms with van der Waals surface area (Å²) in [4.78, 5) is 39.9. The molecule has 0 aliphatic carbocycles. The van der Waals surface area contributed by atoms with Crippen molar-refractivity contribution in [1.29, 1.82) is 0 Å². The Morgan fingerprint density at radius 1 is 0.786 bits per heavy atom. The Morgan fingerprint density at radius 3 is 2.05 bits per heavy atom. The highest BCUT2D eigenvalue weighted by Crippen LogP contribution is 2.19. The Kier molecular flexibility index (Phi) is 11.5. The van der Waals surface area contributed by atoms with E-state index in [2.05, 4.69) is 10.6 Å². The number of benzene rings is 3. The van der Waals surface area contributed by atoms with E-state index >= 15 is 0 Å². The molecule has 2 atom stereocenters. The molecule has 0 aliphatic heterocycles. The topological polar surface area (TPSA) is 103 Å². The highest BCUT2D eigenvalue weighted by atomic mass is 16.6. The van der Waals surface area contributed by atoms with E-state index < -0.39 is 35.5 Å². The molecule has 2 N–H and O–H groups in total. The SMILES string of the molecule is COc1ccccc1C(=O)NC(CC(C)C)C(=O)NC(Cc1ccc(OCc2ccccc2)cc1)C(=O)OC(C)(C)C. The molecule has 0 aromatic heterocycles. The third-order valence-electron chi connectivity index (χ3n) is 6.30. The minimum Gasteiger partial charge on any atom is -0.496 e. The molecule has 0 radical (unpaired) electrons. The van der Waals surface area contributed by atoms with Gasteiger partial charge in [0, 0.05) is 6.42 Å². The van der Waals surface area contributed by atoms with Gasteiger partial charge in [-0.05, 0) is 68.5 Å². The van der Waals surface area contributed by atoms with Crippen molar-refractivity contribution in [2.45, 2.75) is 71.8 Å². The zero-order valence-corrected chi connectivity index (χ0v) is 25.3. The van der Waals surface area contributed by atoms with E-state index in [-0.39, 0.29) is 12.3 Å². The first-order valence-electron chi connectivity index (χ1n) is 14.2. The van der Waals surface area contributed by atoms with Crippen molar-refractivity contribution >= 4 is 17.8 Å². The molecule has 3 rings (SSSR count). The molecule has 2 amide bonds. The number of rotatable bonds is 13. The van der Waals surface area contributed by atoms with Crippen LogP contribution in [0.4, 0.5) is 0 Å². The summed E-state index contributed by atoms with van der Waals surface area (Å²) >= 11 is 0. The summed E-state index contributed by atoms with van der Waals surface area (Å²) in [5.41, 5.74) is 1.45. The summed E-state index contributed by atoms with van der Waals surface area (Å²) in [5.74, 6) is -0.265. The number of ether oxygens (including phenoxy) is 3. The molecule has 0 saturated carbocycles. The van der Waals surface area contributed by atoms with Gasteiger partial charge in [0.15, 0.2) is 0 Å². The highest BCUT2D eigenvalue weighted by molar-refractivity contribution is 6.00. The van der Waals surface area contributed by atoms with Crippen LogP contribution in [0.15, 0.2) is 78.9 Å². The van der Waals surface area contributed by atoms with Gasteiger partial charge in [-0.2, -0.15) is 0 Å². The lowest BCUT2D eigenvalue weighted by Crippen LogP contribution is -2.53. The standard InChI is InChI=1S/C34H42N2O6/c1-23(2)20-28(35-31(37)27-14-10-11-15-30(27)40-6)32(38)36-29(33(39)42-34(3,4)5)21-24-16-18-26(19-17-24)41-22-25-12-8-7-9-13-25/h7-19,23,28-29H,20-22H2,1-6H3,(H,35,37)(H,36,38). The lowest BCUT2D eigenvalue weighted by atomic mass is 10.0. The fourth-order valence-electron chi connectivity index (χ4n) is 4.31. The van der Waals surface area contributed by atoms with Crippen LogP contribution in [0.25, 0.3) is 0 Å². The van der Waals surface area contributed by atoms with E-state index in [9.17, 15) is 14.4 Å². The molecule has 0 fully saturated rings. The number of amides is 2. The molecule has 2 unspecified atom stereocenters. The number of carbonyl (C=O) groups excluding carboxylic acids is 3. The third kappa shape index (κ3) is 10.3. The van der Waals surface area contributed by atoms with Crippen molar-refractivity contribution in [2.75, 3.05) is 7.11 Å². The molecule has 3 aromatic carbocycles. The van der Waals surface area contributed by atoms with Gasteiger partial charge < -0.3 is 24.8 Å². The Labute approximate surface area is 248 Å². The van der Waals surface area contributed by atoms with Crippen LogP contribution in [-0.2, 0) is 27.4 Å². The summed E-state index contributed by atoms with van der Waals surface area (Å²) < 4.78 is 16.8. The predicted octanol–water partition coefficient (Wildman–Crippen LogP) is 5.49. The van der Waals surface area contributed by atoms with Crippen LogP contribution >= 0.6 is 0 Å². The predicted molar refractivity (Wildman–Crippen MR) is 162 cm³/mol. The second kappa shape index (κ2) is 15.1. The molecular weight excluding hydrogens is 532 g/mol. The van der Waals surface area contributed by atoms with Crippen molar-refractivity contribution in [3.05, 3.63) is 95.6 Å². The van der Waals surface area contributed by atoms with Crippen molar-refractivity contribution in [3.8, 4) is 11.5 Å². The normalized spacial score (nSPS) is 12.6. The van der Waals surface area contributed by atoms with Gasteiger partial charge in [0.1, 0.15) is 35.8 Å². The first-order chi connectivity index (χ1) is 19.9. The van der Waals surface area contributed by atoms with Gasteiger partial charge in [0.25, 0.3) is 5.91 Å². The van der Waals surface area contributed by atoms with Crippen LogP contribution < -0.4 is 20.1 Å². The Bertz CT molecular complexity index is 1320. The van der Waals surface area contributed by atoms with Gasteiger partial charge in [-0.25, -0.2) is 4.79 Å². The molecule has 0 saturated heterocycles. The quantitative estimate of drug-likeness (QED) is 0.262. The van der Waals surface area contributed by atoms with Crippen molar-refractivity contribution in [2.24, 2.45) is 5.92 Å². The number of methoxy groups -OCH3 is 1. The minimum atomic E-state index is -0.967. The lowest BCUT2D eigenvalue weighted by molar-refractivity contribution is -0.158. The van der Waals surface area contributed by atoms with Crippen LogP contribution in [0.3, 0.4) is 0 Å². The maximum absolute atomic E-state index is 13.6. The van der Waals surface area contributed by atoms with Crippen LogP contribution in [-0.4, -0.2) is 42.6 Å². The summed E-state index contributed by atoms with van der Waals surface area (Å²) in [6.45, 7) is 9.69. The van der Waals surface area contributed by atoms with E-state index in [1.54, 1.807) is 45.0 Å². The zero-order chi connectivity index (χ0) is 30.7. The van der Waals surface area contributed by atoms with E-state index in [4.69, 9.17) is 14.2 Å². The molecular formula is C34H42N2O6. The van der Waals surface area contributed by atoms with Crippen LogP contribution in [0.1, 0.15) is 62.5 Å². The number of hydrogen-bond acceptors (Lipinski definition) is 6. The van der Waals surface area contributed by atoms with E-state index in [0.717, 1.165) is 11.1 Å². The second-order valence-corrected chi connectivity index (χ2v) is 11.6. The summed E-state index contributed by atoms with van der Waals surface area (Å²) in [7, 11) is 1.48. The summed E-state index contributed by atoms with van der Waals surface area (Å²) in [6.07, 6.45) is 0.579. The smallest absolute Gasteiger partial charge is 0.329 e. The maximum atomic E-state index is 13.6. The van der Waals surface area contributed by atoms with Crippen LogP contribution in [0.2, 0.25) is 0 Å². The first-order valence-corrected chi connectivity index (χ1v) is 14.2. The summed E-state index contributed by atoms with van der Waals surface area (Å²) in [6, 6.07) is 22.2. The van der Waals surface area contributed by atoms with Crippen LogP contribution in [0.5, 0.6) is 11.5 Å². The van der Waals surface area contributed by atoms with Gasteiger partial charge in [0.05, 0.1) is 12.7 Å². The number of nitrogens with one attached hydrogen (secondary N) is 2. The minimum absolute atomic E-state index is 0.0992. The first kappa shape index (κ1) is 32.2. The molecule has 8 nitrogen and oxygen atoms in total. The van der Waals surface area contributed by atoms with E-state index in [1.165, 1.54) is 7.11 Å². The second-order valence-electron chi connectivity index (χ2n) is 11.6. The maximum Gasteiger partial charge on any atom is 0.329 e. The van der Waals surface area contributed by atoms with Gasteiger partial charge in [-0.15, -0.1) is 0 Å². The zero-order valence-electron chi connectivity index (χ0n) is 25.3. The number of hydrogen-bond donors (Lipinski definition) is 2. The fraction of sp³-hybridized carbons (Fsp3) is 0.382. The molecule has 42 heavy (non-hydrogen) atoms. The molecule has 0 spiro atoms. The van der Waals surface area contributed by atoms with Crippen molar-refractivity contribution in [3.63, 3.8) is 0 Å². The lowest BCUT2D eigenvalue weighted by Gasteiger charge is -2.27. The van der Waals surface area contributed by atoms with Crippen LogP contribution in [0, 0.1) is 5.92 Å². The highest BCUT2D eigenvalue weighted by Gasteiger charge is 2.31. The third-order valence-corrected chi connectivity index (χ3v) is 6.30. The van der Waals surface area contributed by atoms with Crippen molar-refractivity contribution < 1.29 is 28.6 Å². The van der Waals surface area contributed by atoms with Gasteiger partial charge in [0.2, 0.25) is 5.91 Å². The van der Waals surface area contributed by atoms with E-state index in [1.807, 2.05) is 68.4 Å². The number of carbonyl (C=O) groups is 3. The van der Waals surface area contributed by atoms with Crippen molar-refractivity contribution in [1.82, 2.24) is 10.6 Å². The monoisotopic (exact) mass is 574 g/mol. The Hall–Kier alpha value is -4.33. The Morgan fingerprint density at radius 2 is 1.43 bits per heavy atom. The molecule has 8 heteroatoms. The number of para-hydroxylation sites is 1. The fourth-order valence-corrected chi connectivity index (χ4v) is 4.31. The number of esters is 1. The molecule has 0 bridgehead atoms. The van der Waals surface area contributed by atoms with Gasteiger partial charge in [-0.3, -0.25) is 9.59 Å². The molecule has 224 valence electrons. The average molecular weight is 575 g/mol. The largest absolute Gasteiger partial charge is 0.496 e. The summed E-state index contributed by atoms with van der Waals surface area (Å²) in [5, 5.41) is 5.68. The molecule has 0 aliphatic rings. The molecule has 0 heterocycles. The van der Waals surface area contributed by atoms with Gasteiger partial charge in [-0.1, -0.05) is 68.4 Å². The molecule has 3 aromatic rings. The van der Waals surface area contributed by atoms with E-state index in [0.29, 0.717) is 30.1 Å². The Balaban J connectivity index is 1.75. The average Bonchev–Trinajstić information content (AvgIpc) is 2.95. The van der Waals surface area contributed by atoms with Gasteiger partial charge >= 0.3 is 5.97 Å².